The van der Waals surface area contributed by atoms with Crippen molar-refractivity contribution in [2.24, 2.45) is 0 Å². The Morgan fingerprint density at radius 2 is 2.22 bits per heavy atom. The van der Waals surface area contributed by atoms with Gasteiger partial charge < -0.3 is 15.4 Å². The van der Waals surface area contributed by atoms with E-state index in [9.17, 15) is 14.3 Å². The second-order valence-electron chi connectivity index (χ2n) is 4.45. The van der Waals surface area contributed by atoms with E-state index < -0.39 is 13.4 Å². The van der Waals surface area contributed by atoms with Crippen LogP contribution in [0.5, 0.6) is 0 Å². The lowest BCUT2D eigenvalue weighted by molar-refractivity contribution is 0.0645. The Morgan fingerprint density at radius 1 is 1.43 bits per heavy atom. The number of anilines is 1. The van der Waals surface area contributed by atoms with Crippen LogP contribution in [0.15, 0.2) is 11.1 Å². The highest BCUT2D eigenvalue weighted by Crippen LogP contribution is 2.42. The van der Waals surface area contributed by atoms with Gasteiger partial charge in [-0.2, -0.15) is 4.98 Å². The highest BCUT2D eigenvalue weighted by atomic mass is 31.2. The predicted molar refractivity (Wildman–Crippen MR) is 80.5 cm³/mol. The zero-order valence-electron chi connectivity index (χ0n) is 12.5. The van der Waals surface area contributed by atoms with Crippen LogP contribution in [0.3, 0.4) is 0 Å². The van der Waals surface area contributed by atoms with Crippen LogP contribution >= 0.6 is 7.82 Å². The molecule has 0 radical (unpaired) electrons. The number of aromatic amines is 1. The fourth-order valence-corrected chi connectivity index (χ4v) is 2.53. The molecule has 2 rings (SSSR count). The summed E-state index contributed by atoms with van der Waals surface area (Å²) in [5, 5.41) is 0. The van der Waals surface area contributed by atoms with Crippen molar-refractivity contribution >= 4 is 24.9 Å². The quantitative estimate of drug-likeness (QED) is 0.426. The fourth-order valence-electron chi connectivity index (χ4n) is 1.77. The van der Waals surface area contributed by atoms with Crippen molar-refractivity contribution in [1.29, 1.82) is 0 Å². The van der Waals surface area contributed by atoms with Crippen molar-refractivity contribution in [2.45, 2.75) is 20.1 Å². The van der Waals surface area contributed by atoms with Crippen LogP contribution in [-0.4, -0.2) is 44.2 Å². The third-order valence-electron chi connectivity index (χ3n) is 2.70. The summed E-state index contributed by atoms with van der Waals surface area (Å²) in [6.07, 6.45) is 1.81. The number of nitrogens with one attached hydrogen (secondary N) is 1. The van der Waals surface area contributed by atoms with Gasteiger partial charge in [0.15, 0.2) is 11.2 Å². The molecule has 0 spiro atoms. The van der Waals surface area contributed by atoms with Gasteiger partial charge in [-0.3, -0.25) is 23.4 Å². The standard InChI is InChI=1S/C11H18N5O6P/c1-2-21-23(18,19)22-5-3-4-20-7-16-6-13-8-9(16)14-11(12)15-10(8)17/h6H,2-5,7H2,1H3,(H,18,19)(H3,12,14,15,17). The van der Waals surface area contributed by atoms with Crippen LogP contribution in [0, 0.1) is 0 Å². The summed E-state index contributed by atoms with van der Waals surface area (Å²) in [6.45, 7) is 2.08. The number of aromatic nitrogens is 4. The van der Waals surface area contributed by atoms with Crippen molar-refractivity contribution in [1.82, 2.24) is 19.5 Å². The number of nitrogens with zero attached hydrogens (tertiary/aromatic N) is 3. The first-order valence-electron chi connectivity index (χ1n) is 6.83. The van der Waals surface area contributed by atoms with E-state index >= 15 is 0 Å². The smallest absolute Gasteiger partial charge is 0.369 e. The molecule has 2 heterocycles. The zero-order chi connectivity index (χ0) is 16.9. The van der Waals surface area contributed by atoms with Crippen LogP contribution in [0.1, 0.15) is 13.3 Å². The highest BCUT2D eigenvalue weighted by Gasteiger charge is 2.19. The summed E-state index contributed by atoms with van der Waals surface area (Å²) in [4.78, 5) is 31.1. The summed E-state index contributed by atoms with van der Waals surface area (Å²) in [6, 6.07) is 0. The van der Waals surface area contributed by atoms with E-state index in [2.05, 4.69) is 19.5 Å². The summed E-state index contributed by atoms with van der Waals surface area (Å²) < 4.78 is 27.4. The number of phosphoric acid groups is 1. The average molecular weight is 347 g/mol. The molecule has 11 nitrogen and oxygen atoms in total. The Morgan fingerprint density at radius 3 is 2.96 bits per heavy atom. The van der Waals surface area contributed by atoms with Crippen LogP contribution in [0.25, 0.3) is 11.2 Å². The molecule has 1 unspecified atom stereocenters. The summed E-state index contributed by atoms with van der Waals surface area (Å²) in [5.74, 6) is -0.00716. The Bertz CT molecular complexity index is 759. The molecular formula is C11H18N5O6P. The maximum atomic E-state index is 11.6. The van der Waals surface area contributed by atoms with Crippen molar-refractivity contribution < 1.29 is 23.2 Å². The molecule has 0 aliphatic heterocycles. The first-order valence-corrected chi connectivity index (χ1v) is 8.32. The maximum absolute atomic E-state index is 11.6. The number of imidazole rings is 1. The molecule has 0 aromatic carbocycles. The van der Waals surface area contributed by atoms with Crippen molar-refractivity contribution in [3.05, 3.63) is 16.7 Å². The minimum atomic E-state index is -3.97. The number of hydrogen-bond donors (Lipinski definition) is 3. The first kappa shape index (κ1) is 17.6. The number of nitrogen functional groups attached to an aromatic ring is 1. The molecule has 23 heavy (non-hydrogen) atoms. The molecule has 12 heteroatoms. The number of phosphoric ester groups is 1. The molecule has 0 saturated heterocycles. The second-order valence-corrected chi connectivity index (χ2v) is 5.90. The lowest BCUT2D eigenvalue weighted by Crippen LogP contribution is -2.13. The van der Waals surface area contributed by atoms with Gasteiger partial charge in [0, 0.05) is 0 Å². The maximum Gasteiger partial charge on any atom is 0.472 e. The average Bonchev–Trinajstić information content (AvgIpc) is 2.86. The zero-order valence-corrected chi connectivity index (χ0v) is 13.4. The Balaban J connectivity index is 1.79. The topological polar surface area (TPSA) is 155 Å². The first-order chi connectivity index (χ1) is 10.9. The van der Waals surface area contributed by atoms with E-state index in [1.165, 1.54) is 10.9 Å². The summed E-state index contributed by atoms with van der Waals surface area (Å²) >= 11 is 0. The van der Waals surface area contributed by atoms with Crippen LogP contribution < -0.4 is 11.3 Å². The van der Waals surface area contributed by atoms with Gasteiger partial charge >= 0.3 is 7.82 Å². The van der Waals surface area contributed by atoms with Crippen molar-refractivity contribution in [3.8, 4) is 0 Å². The molecule has 2 aromatic rings. The van der Waals surface area contributed by atoms with Crippen molar-refractivity contribution in [3.63, 3.8) is 0 Å². The van der Waals surface area contributed by atoms with E-state index in [0.717, 1.165) is 0 Å². The minimum Gasteiger partial charge on any atom is -0.369 e. The molecule has 128 valence electrons. The Labute approximate surface area is 131 Å². The molecule has 0 aliphatic carbocycles. The highest BCUT2D eigenvalue weighted by molar-refractivity contribution is 7.47. The molecule has 0 bridgehead atoms. The Kier molecular flexibility index (Phi) is 5.85. The lowest BCUT2D eigenvalue weighted by atomic mass is 10.5. The predicted octanol–water partition coefficient (Wildman–Crippen LogP) is 0.220. The van der Waals surface area contributed by atoms with E-state index in [1.54, 1.807) is 6.92 Å². The molecular weight excluding hydrogens is 329 g/mol. The Hall–Kier alpha value is -1.78. The molecule has 0 saturated carbocycles. The van der Waals surface area contributed by atoms with Gasteiger partial charge in [-0.1, -0.05) is 0 Å². The van der Waals surface area contributed by atoms with Gasteiger partial charge in [-0.25, -0.2) is 9.55 Å². The van der Waals surface area contributed by atoms with Crippen LogP contribution in [0.4, 0.5) is 5.95 Å². The monoisotopic (exact) mass is 347 g/mol. The molecule has 0 fully saturated rings. The molecule has 0 amide bonds. The van der Waals surface area contributed by atoms with Crippen LogP contribution in [0.2, 0.25) is 0 Å². The second kappa shape index (κ2) is 7.66. The minimum absolute atomic E-state index is 0.00716. The third kappa shape index (κ3) is 4.85. The van der Waals surface area contributed by atoms with Gasteiger partial charge in [-0.05, 0) is 13.3 Å². The van der Waals surface area contributed by atoms with E-state index in [-0.39, 0.29) is 38.0 Å². The number of fused-ring (bicyclic) bond motifs is 1. The number of H-pyrrole nitrogens is 1. The number of hydrogen-bond acceptors (Lipinski definition) is 8. The van der Waals surface area contributed by atoms with Gasteiger partial charge in [0.25, 0.3) is 5.56 Å². The SMILES string of the molecule is CCOP(=O)(O)OCCCOCn1cnc2c(=O)[nH]c(N)nc21. The van der Waals surface area contributed by atoms with Gasteiger partial charge in [-0.15, -0.1) is 0 Å². The number of nitrogens with two attached hydrogens (primary N) is 1. The number of rotatable bonds is 9. The van der Waals surface area contributed by atoms with E-state index in [1.807, 2.05) is 0 Å². The van der Waals surface area contributed by atoms with Crippen LogP contribution in [-0.2, 0) is 25.1 Å². The van der Waals surface area contributed by atoms with Gasteiger partial charge in [0.1, 0.15) is 6.73 Å². The van der Waals surface area contributed by atoms with Gasteiger partial charge in [0.2, 0.25) is 5.95 Å². The molecule has 1 atom stereocenters. The number of ether oxygens (including phenoxy) is 1. The molecule has 2 aromatic heterocycles. The van der Waals surface area contributed by atoms with E-state index in [4.69, 9.17) is 15.0 Å². The van der Waals surface area contributed by atoms with E-state index in [0.29, 0.717) is 12.1 Å². The van der Waals surface area contributed by atoms with Gasteiger partial charge in [0.05, 0.1) is 26.1 Å². The molecule has 0 aliphatic rings. The largest absolute Gasteiger partial charge is 0.472 e. The lowest BCUT2D eigenvalue weighted by Gasteiger charge is -2.10. The summed E-state index contributed by atoms with van der Waals surface area (Å²) in [5.41, 5.74) is 5.55. The third-order valence-corrected chi connectivity index (χ3v) is 3.80. The fraction of sp³-hybridized carbons (Fsp3) is 0.545. The molecule has 4 N–H and O–H groups in total. The normalized spacial score (nSPS) is 14.2. The van der Waals surface area contributed by atoms with Crippen molar-refractivity contribution in [2.75, 3.05) is 25.6 Å². The summed E-state index contributed by atoms with van der Waals surface area (Å²) in [7, 11) is -3.97.